The van der Waals surface area contributed by atoms with E-state index < -0.39 is 0 Å². The molecule has 3 rings (SSSR count). The number of aryl methyl sites for hydroxylation is 3. The third-order valence-corrected chi connectivity index (χ3v) is 5.29. The number of amides is 1. The summed E-state index contributed by atoms with van der Waals surface area (Å²) in [6.07, 6.45) is 2.13. The molecule has 4 nitrogen and oxygen atoms in total. The molecule has 2 aromatic heterocycles. The summed E-state index contributed by atoms with van der Waals surface area (Å²) in [5.74, 6) is 1.58. The highest BCUT2D eigenvalue weighted by atomic mass is 32.1. The molecule has 0 bridgehead atoms. The summed E-state index contributed by atoms with van der Waals surface area (Å²) in [6, 6.07) is 3.60. The van der Waals surface area contributed by atoms with E-state index in [1.807, 2.05) is 24.8 Å². The van der Waals surface area contributed by atoms with Gasteiger partial charge in [-0.25, -0.2) is 4.98 Å². The summed E-state index contributed by atoms with van der Waals surface area (Å²) in [5.41, 5.74) is 1.11. The lowest BCUT2D eigenvalue weighted by atomic mass is 9.98. The second kappa shape index (κ2) is 5.64. The molecular formula is C16H20N2O2S. The first-order valence-corrected chi connectivity index (χ1v) is 8.16. The van der Waals surface area contributed by atoms with E-state index in [9.17, 15) is 4.79 Å². The van der Waals surface area contributed by atoms with Crippen molar-refractivity contribution in [1.29, 1.82) is 0 Å². The second-order valence-electron chi connectivity index (χ2n) is 5.69. The van der Waals surface area contributed by atoms with Crippen molar-refractivity contribution in [2.24, 2.45) is 0 Å². The van der Waals surface area contributed by atoms with E-state index in [1.165, 1.54) is 4.88 Å². The number of thiazole rings is 1. The largest absolute Gasteiger partial charge is 0.456 e. The summed E-state index contributed by atoms with van der Waals surface area (Å²) >= 11 is 1.76. The molecule has 1 fully saturated rings. The Labute approximate surface area is 128 Å². The van der Waals surface area contributed by atoms with Gasteiger partial charge in [-0.1, -0.05) is 0 Å². The highest BCUT2D eigenvalue weighted by molar-refractivity contribution is 7.11. The Kier molecular flexibility index (Phi) is 3.85. The van der Waals surface area contributed by atoms with Crippen molar-refractivity contribution in [3.05, 3.63) is 39.2 Å². The number of likely N-dealkylation sites (tertiary alicyclic amines) is 1. The maximum Gasteiger partial charge on any atom is 0.289 e. The molecule has 1 saturated heterocycles. The molecule has 1 atom stereocenters. The average Bonchev–Trinajstić information content (AvgIpc) is 3.05. The Morgan fingerprint density at radius 1 is 1.38 bits per heavy atom. The molecular weight excluding hydrogens is 284 g/mol. The summed E-state index contributed by atoms with van der Waals surface area (Å²) in [4.78, 5) is 20.3. The van der Waals surface area contributed by atoms with Gasteiger partial charge in [0, 0.05) is 23.9 Å². The molecule has 1 aliphatic heterocycles. The normalized spacial score (nSPS) is 19.0. The predicted octanol–water partition coefficient (Wildman–Crippen LogP) is 3.68. The van der Waals surface area contributed by atoms with E-state index in [4.69, 9.17) is 4.42 Å². The molecule has 1 amide bonds. The lowest BCUT2D eigenvalue weighted by Crippen LogP contribution is -2.38. The Morgan fingerprint density at radius 3 is 2.81 bits per heavy atom. The summed E-state index contributed by atoms with van der Waals surface area (Å²) in [6.45, 7) is 7.56. The van der Waals surface area contributed by atoms with Crippen LogP contribution in [-0.2, 0) is 0 Å². The van der Waals surface area contributed by atoms with Crippen LogP contribution in [0.1, 0.15) is 50.7 Å². The predicted molar refractivity (Wildman–Crippen MR) is 82.9 cm³/mol. The van der Waals surface area contributed by atoms with Gasteiger partial charge in [0.15, 0.2) is 5.76 Å². The Morgan fingerprint density at radius 2 is 2.19 bits per heavy atom. The highest BCUT2D eigenvalue weighted by Crippen LogP contribution is 2.31. The van der Waals surface area contributed by atoms with Gasteiger partial charge >= 0.3 is 0 Å². The van der Waals surface area contributed by atoms with Crippen molar-refractivity contribution < 1.29 is 9.21 Å². The molecule has 0 spiro atoms. The van der Waals surface area contributed by atoms with Crippen LogP contribution in [0.5, 0.6) is 0 Å². The number of piperidine rings is 1. The van der Waals surface area contributed by atoms with Crippen molar-refractivity contribution in [1.82, 2.24) is 9.88 Å². The van der Waals surface area contributed by atoms with Crippen LogP contribution in [0, 0.1) is 20.8 Å². The third kappa shape index (κ3) is 2.88. The van der Waals surface area contributed by atoms with Crippen molar-refractivity contribution in [2.75, 3.05) is 13.1 Å². The van der Waals surface area contributed by atoms with Crippen LogP contribution in [0.15, 0.2) is 16.5 Å². The van der Waals surface area contributed by atoms with Crippen molar-refractivity contribution >= 4 is 17.2 Å². The Bertz CT molecular complexity index is 640. The van der Waals surface area contributed by atoms with Crippen LogP contribution < -0.4 is 0 Å². The van der Waals surface area contributed by atoms with E-state index >= 15 is 0 Å². The first kappa shape index (κ1) is 14.3. The van der Waals surface area contributed by atoms with Crippen LogP contribution in [0.25, 0.3) is 0 Å². The zero-order valence-corrected chi connectivity index (χ0v) is 13.5. The molecule has 0 unspecified atom stereocenters. The van der Waals surface area contributed by atoms with Crippen LogP contribution >= 0.6 is 11.3 Å². The van der Waals surface area contributed by atoms with E-state index in [-0.39, 0.29) is 5.91 Å². The van der Waals surface area contributed by atoms with Gasteiger partial charge in [-0.15, -0.1) is 11.3 Å². The monoisotopic (exact) mass is 304 g/mol. The number of carbonyl (C=O) groups excluding carboxylic acids is 1. The molecule has 21 heavy (non-hydrogen) atoms. The molecule has 5 heteroatoms. The number of hydrogen-bond donors (Lipinski definition) is 0. The number of furan rings is 1. The lowest BCUT2D eigenvalue weighted by molar-refractivity contribution is 0.0673. The number of hydrogen-bond acceptors (Lipinski definition) is 4. The molecule has 1 aliphatic rings. The number of carbonyl (C=O) groups is 1. The van der Waals surface area contributed by atoms with Crippen LogP contribution in [-0.4, -0.2) is 28.9 Å². The van der Waals surface area contributed by atoms with Crippen LogP contribution in [0.3, 0.4) is 0 Å². The lowest BCUT2D eigenvalue weighted by Gasteiger charge is -2.31. The SMILES string of the molecule is Cc1ccc(C(=O)N2CCC[C@H](c3nc(C)c(C)s3)C2)o1. The molecule has 112 valence electrons. The zero-order chi connectivity index (χ0) is 15.0. The van der Waals surface area contributed by atoms with Gasteiger partial charge in [-0.3, -0.25) is 4.79 Å². The minimum absolute atomic E-state index is 0.00204. The van der Waals surface area contributed by atoms with Crippen LogP contribution in [0.2, 0.25) is 0 Å². The van der Waals surface area contributed by atoms with Gasteiger partial charge in [-0.2, -0.15) is 0 Å². The maximum absolute atomic E-state index is 12.5. The van der Waals surface area contributed by atoms with Gasteiger partial charge in [-0.05, 0) is 45.7 Å². The number of nitrogens with zero attached hydrogens (tertiary/aromatic N) is 2. The van der Waals surface area contributed by atoms with E-state index in [0.717, 1.165) is 42.4 Å². The van der Waals surface area contributed by atoms with Gasteiger partial charge in [0.1, 0.15) is 5.76 Å². The average molecular weight is 304 g/mol. The number of aromatic nitrogens is 1. The third-order valence-electron chi connectivity index (χ3n) is 4.05. The maximum atomic E-state index is 12.5. The van der Waals surface area contributed by atoms with Crippen molar-refractivity contribution in [3.63, 3.8) is 0 Å². The quantitative estimate of drug-likeness (QED) is 0.850. The molecule has 0 aliphatic carbocycles. The molecule has 2 aromatic rings. The molecule has 0 saturated carbocycles. The minimum Gasteiger partial charge on any atom is -0.456 e. The fourth-order valence-electron chi connectivity index (χ4n) is 2.74. The first-order valence-electron chi connectivity index (χ1n) is 7.34. The Hall–Kier alpha value is -1.62. The van der Waals surface area contributed by atoms with Crippen molar-refractivity contribution in [2.45, 2.75) is 39.5 Å². The first-order chi connectivity index (χ1) is 10.0. The summed E-state index contributed by atoms with van der Waals surface area (Å²) < 4.78 is 5.46. The van der Waals surface area contributed by atoms with Crippen LogP contribution in [0.4, 0.5) is 0 Å². The topological polar surface area (TPSA) is 46.3 Å². The fourth-order valence-corrected chi connectivity index (χ4v) is 3.79. The smallest absolute Gasteiger partial charge is 0.289 e. The molecule has 0 aromatic carbocycles. The van der Waals surface area contributed by atoms with E-state index in [0.29, 0.717) is 11.7 Å². The second-order valence-corrected chi connectivity index (χ2v) is 6.93. The molecule has 0 radical (unpaired) electrons. The fraction of sp³-hybridized carbons (Fsp3) is 0.500. The molecule has 3 heterocycles. The van der Waals surface area contributed by atoms with E-state index in [1.54, 1.807) is 17.4 Å². The summed E-state index contributed by atoms with van der Waals surface area (Å²) in [5, 5.41) is 1.16. The van der Waals surface area contributed by atoms with Crippen molar-refractivity contribution in [3.8, 4) is 0 Å². The summed E-state index contributed by atoms with van der Waals surface area (Å²) in [7, 11) is 0. The highest BCUT2D eigenvalue weighted by Gasteiger charge is 2.28. The van der Waals surface area contributed by atoms with Gasteiger partial charge < -0.3 is 9.32 Å². The zero-order valence-electron chi connectivity index (χ0n) is 12.7. The van der Waals surface area contributed by atoms with Gasteiger partial charge in [0.25, 0.3) is 5.91 Å². The number of rotatable bonds is 2. The van der Waals surface area contributed by atoms with Gasteiger partial charge in [0.05, 0.1) is 10.7 Å². The minimum atomic E-state index is -0.00204. The van der Waals surface area contributed by atoms with Gasteiger partial charge in [0.2, 0.25) is 0 Å². The van der Waals surface area contributed by atoms with E-state index in [2.05, 4.69) is 11.9 Å². The Balaban J connectivity index is 1.75. The standard InChI is InChI=1S/C16H20N2O2S/c1-10-6-7-14(20-10)16(19)18-8-4-5-13(9-18)15-17-11(2)12(3)21-15/h6-7,13H,4-5,8-9H2,1-3H3/t13-/m0/s1. The molecule has 0 N–H and O–H groups in total.